The van der Waals surface area contributed by atoms with Crippen LogP contribution in [0, 0.1) is 0 Å². The number of pyridine rings is 1. The summed E-state index contributed by atoms with van der Waals surface area (Å²) >= 11 is 0. The molecule has 176 valence electrons. The average molecular weight is 489 g/mol. The highest BCUT2D eigenvalue weighted by Gasteiger charge is 2.23. The molecule has 0 aliphatic rings. The van der Waals surface area contributed by atoms with Crippen molar-refractivity contribution in [3.63, 3.8) is 0 Å². The predicted molar refractivity (Wildman–Crippen MR) is 132 cm³/mol. The number of benzene rings is 3. The Hall–Kier alpha value is -4.37. The van der Waals surface area contributed by atoms with Crippen molar-refractivity contribution in [3.8, 4) is 22.8 Å². The summed E-state index contributed by atoms with van der Waals surface area (Å²) in [5, 5.41) is 10.9. The number of carboxylic acids is 1. The summed E-state index contributed by atoms with van der Waals surface area (Å²) in [4.78, 5) is 17.0. The fourth-order valence-electron chi connectivity index (χ4n) is 4.13. The van der Waals surface area contributed by atoms with Crippen LogP contribution in [-0.4, -0.2) is 42.7 Å². The molecule has 0 aliphatic carbocycles. The summed E-state index contributed by atoms with van der Waals surface area (Å²) in [6.07, 6.45) is 1.48. The molecule has 0 radical (unpaired) electrons. The Morgan fingerprint density at radius 3 is 2.23 bits per heavy atom. The zero-order valence-corrected chi connectivity index (χ0v) is 19.6. The number of fused-ring (bicyclic) bond motifs is 2. The van der Waals surface area contributed by atoms with Crippen molar-refractivity contribution in [1.82, 2.24) is 8.96 Å². The van der Waals surface area contributed by atoms with E-state index >= 15 is 0 Å². The highest BCUT2D eigenvalue weighted by Crippen LogP contribution is 2.37. The van der Waals surface area contributed by atoms with Crippen LogP contribution in [0.2, 0.25) is 0 Å². The van der Waals surface area contributed by atoms with Crippen LogP contribution in [0.15, 0.2) is 83.9 Å². The van der Waals surface area contributed by atoms with E-state index < -0.39 is 16.0 Å². The van der Waals surface area contributed by atoms with E-state index in [2.05, 4.69) is 4.98 Å². The summed E-state index contributed by atoms with van der Waals surface area (Å²) in [7, 11) is -0.959. The fourth-order valence-corrected chi connectivity index (χ4v) is 5.52. The van der Waals surface area contributed by atoms with Gasteiger partial charge in [0.1, 0.15) is 0 Å². The Morgan fingerprint density at radius 2 is 1.54 bits per heavy atom. The van der Waals surface area contributed by atoms with Gasteiger partial charge in [0.15, 0.2) is 11.5 Å². The third kappa shape index (κ3) is 3.66. The van der Waals surface area contributed by atoms with Gasteiger partial charge in [-0.1, -0.05) is 36.4 Å². The van der Waals surface area contributed by atoms with E-state index in [0.29, 0.717) is 44.6 Å². The third-order valence-electron chi connectivity index (χ3n) is 5.80. The number of ether oxygens (including phenoxy) is 2. The Morgan fingerprint density at radius 1 is 0.886 bits per heavy atom. The van der Waals surface area contributed by atoms with Gasteiger partial charge >= 0.3 is 5.97 Å². The van der Waals surface area contributed by atoms with Gasteiger partial charge in [-0.05, 0) is 30.3 Å². The minimum absolute atomic E-state index is 0.00806. The van der Waals surface area contributed by atoms with Gasteiger partial charge in [-0.3, -0.25) is 0 Å². The first kappa shape index (κ1) is 22.4. The van der Waals surface area contributed by atoms with E-state index in [1.165, 1.54) is 42.6 Å². The second-order valence-corrected chi connectivity index (χ2v) is 9.57. The van der Waals surface area contributed by atoms with Crippen LogP contribution in [-0.2, 0) is 10.0 Å². The maximum atomic E-state index is 13.5. The van der Waals surface area contributed by atoms with Gasteiger partial charge in [-0.25, -0.2) is 22.2 Å². The standard InChI is InChI=1S/C26H20N2O6S/c1-33-24-13-18-19(26(29)30)12-21(27-22(18)14-25(24)34-2)20-15-28(23-11-7-6-10-17(20)23)35(31,32)16-8-4-3-5-9-16/h3-15H,1-2H3,(H,29,30). The van der Waals surface area contributed by atoms with Crippen LogP contribution in [0.25, 0.3) is 33.1 Å². The van der Waals surface area contributed by atoms with Crippen LogP contribution in [0.4, 0.5) is 0 Å². The molecule has 2 aromatic heterocycles. The third-order valence-corrected chi connectivity index (χ3v) is 7.49. The number of carboxylic acid groups (broad SMARTS) is 1. The van der Waals surface area contributed by atoms with E-state index in [9.17, 15) is 18.3 Å². The molecule has 0 aliphatic heterocycles. The molecule has 5 aromatic rings. The summed E-state index contributed by atoms with van der Waals surface area (Å²) < 4.78 is 38.8. The number of rotatable bonds is 6. The number of nitrogens with zero attached hydrogens (tertiary/aromatic N) is 2. The number of hydrogen-bond acceptors (Lipinski definition) is 6. The van der Waals surface area contributed by atoms with Gasteiger partial charge in [-0.2, -0.15) is 0 Å². The number of aromatic nitrogens is 2. The fraction of sp³-hybridized carbons (Fsp3) is 0.0769. The zero-order valence-electron chi connectivity index (χ0n) is 18.8. The molecule has 0 unspecified atom stereocenters. The summed E-state index contributed by atoms with van der Waals surface area (Å²) in [6.45, 7) is 0. The van der Waals surface area contributed by atoms with Gasteiger partial charge in [0.25, 0.3) is 10.0 Å². The van der Waals surface area contributed by atoms with Crippen molar-refractivity contribution in [2.24, 2.45) is 0 Å². The van der Waals surface area contributed by atoms with Crippen LogP contribution >= 0.6 is 0 Å². The molecule has 2 heterocycles. The molecule has 0 spiro atoms. The molecule has 0 amide bonds. The van der Waals surface area contributed by atoms with Crippen LogP contribution in [0.5, 0.6) is 11.5 Å². The first-order valence-corrected chi connectivity index (χ1v) is 12.0. The van der Waals surface area contributed by atoms with E-state index in [1.54, 1.807) is 54.6 Å². The van der Waals surface area contributed by atoms with Crippen molar-refractivity contribution >= 4 is 37.8 Å². The molecule has 0 fully saturated rings. The molecule has 0 bridgehead atoms. The first-order valence-electron chi connectivity index (χ1n) is 10.6. The van der Waals surface area contributed by atoms with Crippen molar-refractivity contribution in [1.29, 1.82) is 0 Å². The molecular weight excluding hydrogens is 468 g/mol. The van der Waals surface area contributed by atoms with E-state index in [0.717, 1.165) is 0 Å². The molecule has 8 nitrogen and oxygen atoms in total. The van der Waals surface area contributed by atoms with Crippen LogP contribution in [0.3, 0.4) is 0 Å². The zero-order chi connectivity index (χ0) is 24.7. The van der Waals surface area contributed by atoms with Gasteiger partial charge in [-0.15, -0.1) is 0 Å². The lowest BCUT2D eigenvalue weighted by molar-refractivity contribution is 0.0699. The number of methoxy groups -OCH3 is 2. The molecule has 0 atom stereocenters. The van der Waals surface area contributed by atoms with Crippen molar-refractivity contribution in [2.45, 2.75) is 4.90 Å². The molecule has 35 heavy (non-hydrogen) atoms. The topological polar surface area (TPSA) is 108 Å². The Balaban J connectivity index is 1.81. The minimum atomic E-state index is -3.91. The molecule has 1 N–H and O–H groups in total. The van der Waals surface area contributed by atoms with E-state index in [4.69, 9.17) is 9.47 Å². The minimum Gasteiger partial charge on any atom is -0.493 e. The van der Waals surface area contributed by atoms with Gasteiger partial charge in [0.05, 0.1) is 41.4 Å². The number of carbonyl (C=O) groups is 1. The van der Waals surface area contributed by atoms with Crippen molar-refractivity contribution < 1.29 is 27.8 Å². The number of hydrogen-bond donors (Lipinski definition) is 1. The summed E-state index contributed by atoms with van der Waals surface area (Å²) in [5.41, 5.74) is 1.64. The number of para-hydroxylation sites is 1. The Bertz CT molecular complexity index is 1710. The lowest BCUT2D eigenvalue weighted by atomic mass is 10.0. The monoisotopic (exact) mass is 488 g/mol. The van der Waals surface area contributed by atoms with Crippen molar-refractivity contribution in [2.75, 3.05) is 14.2 Å². The summed E-state index contributed by atoms with van der Waals surface area (Å²) in [5.74, 6) is -0.371. The second-order valence-electron chi connectivity index (χ2n) is 7.76. The normalized spacial score (nSPS) is 11.6. The first-order chi connectivity index (χ1) is 16.8. The highest BCUT2D eigenvalue weighted by molar-refractivity contribution is 7.90. The largest absolute Gasteiger partial charge is 0.493 e. The van der Waals surface area contributed by atoms with Crippen LogP contribution < -0.4 is 9.47 Å². The van der Waals surface area contributed by atoms with Gasteiger partial charge in [0.2, 0.25) is 0 Å². The molecule has 5 rings (SSSR count). The Kier molecular flexibility index (Phi) is 5.41. The molecular formula is C26H20N2O6S. The van der Waals surface area contributed by atoms with E-state index in [-0.39, 0.29) is 10.5 Å². The molecule has 9 heteroatoms. The lowest BCUT2D eigenvalue weighted by Gasteiger charge is -2.11. The van der Waals surface area contributed by atoms with Gasteiger partial charge in [0, 0.05) is 28.6 Å². The molecule has 0 saturated carbocycles. The quantitative estimate of drug-likeness (QED) is 0.365. The molecule has 3 aromatic carbocycles. The highest BCUT2D eigenvalue weighted by atomic mass is 32.2. The second kappa shape index (κ2) is 8.44. The maximum absolute atomic E-state index is 13.5. The Labute approximate surface area is 201 Å². The summed E-state index contributed by atoms with van der Waals surface area (Å²) in [6, 6.07) is 19.7. The maximum Gasteiger partial charge on any atom is 0.336 e. The van der Waals surface area contributed by atoms with E-state index in [1.807, 2.05) is 0 Å². The SMILES string of the molecule is COc1cc2nc(-c3cn(S(=O)(=O)c4ccccc4)c4ccccc34)cc(C(=O)O)c2cc1OC. The van der Waals surface area contributed by atoms with Gasteiger partial charge < -0.3 is 14.6 Å². The predicted octanol–water partition coefficient (Wildman–Crippen LogP) is 4.81. The average Bonchev–Trinajstić information content (AvgIpc) is 3.28. The lowest BCUT2D eigenvalue weighted by Crippen LogP contribution is -2.11. The number of aromatic carboxylic acids is 1. The smallest absolute Gasteiger partial charge is 0.336 e. The molecule has 0 saturated heterocycles. The van der Waals surface area contributed by atoms with Crippen molar-refractivity contribution in [3.05, 3.63) is 84.6 Å². The van der Waals surface area contributed by atoms with Crippen LogP contribution in [0.1, 0.15) is 10.4 Å².